The lowest BCUT2D eigenvalue weighted by Gasteiger charge is -2.36. The molecule has 1 atom stereocenters. The number of hydrogen-bond donors (Lipinski definition) is 0. The molecule has 31 heavy (non-hydrogen) atoms. The van der Waals surface area contributed by atoms with E-state index in [1.165, 1.54) is 5.56 Å². The van der Waals surface area contributed by atoms with Gasteiger partial charge in [0.1, 0.15) is 5.82 Å². The van der Waals surface area contributed by atoms with Crippen LogP contribution in [0, 0.1) is 13.8 Å². The number of piperidine rings is 1. The highest BCUT2D eigenvalue weighted by Crippen LogP contribution is 2.36. The van der Waals surface area contributed by atoms with Crippen LogP contribution in [0.3, 0.4) is 0 Å². The number of amides is 1. The largest absolute Gasteiger partial charge is 0.356 e. The number of nitrogens with zero attached hydrogens (tertiary/aromatic N) is 4. The zero-order valence-corrected chi connectivity index (χ0v) is 18.6. The van der Waals surface area contributed by atoms with Crippen LogP contribution in [0.5, 0.6) is 0 Å². The molecule has 0 N–H and O–H groups in total. The first-order chi connectivity index (χ1) is 15.0. The Kier molecular flexibility index (Phi) is 6.44. The van der Waals surface area contributed by atoms with Crippen molar-refractivity contribution in [2.24, 2.45) is 0 Å². The first-order valence-electron chi connectivity index (χ1n) is 11.2. The number of carbonyl (C=O) groups is 1. The molecule has 0 aliphatic carbocycles. The average Bonchev–Trinajstić information content (AvgIpc) is 3.20. The van der Waals surface area contributed by atoms with Gasteiger partial charge in [-0.1, -0.05) is 41.9 Å². The topological polar surface area (TPSA) is 72.1 Å². The second-order valence-corrected chi connectivity index (χ2v) is 8.43. The zero-order chi connectivity index (χ0) is 21.8. The molecular formula is C25H30N4O2. The monoisotopic (exact) mass is 418 g/mol. The van der Waals surface area contributed by atoms with Gasteiger partial charge in [-0.05, 0) is 45.1 Å². The molecule has 0 bridgehead atoms. The van der Waals surface area contributed by atoms with Gasteiger partial charge in [0.15, 0.2) is 5.76 Å². The van der Waals surface area contributed by atoms with Crippen LogP contribution >= 0.6 is 0 Å². The van der Waals surface area contributed by atoms with E-state index in [1.54, 1.807) is 0 Å². The molecule has 4 rings (SSSR count). The van der Waals surface area contributed by atoms with E-state index < -0.39 is 0 Å². The maximum absolute atomic E-state index is 13.4. The molecule has 1 amide bonds. The Morgan fingerprint density at radius 1 is 1.23 bits per heavy atom. The van der Waals surface area contributed by atoms with Gasteiger partial charge in [0.2, 0.25) is 5.91 Å². The first-order valence-corrected chi connectivity index (χ1v) is 11.2. The van der Waals surface area contributed by atoms with Crippen molar-refractivity contribution in [3.8, 4) is 11.3 Å². The second-order valence-electron chi connectivity index (χ2n) is 8.43. The van der Waals surface area contributed by atoms with Gasteiger partial charge in [0.05, 0.1) is 29.4 Å². The summed E-state index contributed by atoms with van der Waals surface area (Å²) in [5, 5.41) is 4.05. The SMILES string of the molecule is CCCc1ncc(-c2cc(C)no2)c(C2CCCCN2C(=O)Cc2cccc(C)c2)n1. The van der Waals surface area contributed by atoms with Gasteiger partial charge in [0.25, 0.3) is 0 Å². The van der Waals surface area contributed by atoms with Crippen LogP contribution in [0.25, 0.3) is 11.3 Å². The number of aromatic nitrogens is 3. The van der Waals surface area contributed by atoms with E-state index in [0.29, 0.717) is 12.2 Å². The minimum atomic E-state index is -0.0786. The Hall–Kier alpha value is -3.02. The highest BCUT2D eigenvalue weighted by atomic mass is 16.5. The number of rotatable bonds is 6. The van der Waals surface area contributed by atoms with Crippen molar-refractivity contribution in [3.63, 3.8) is 0 Å². The van der Waals surface area contributed by atoms with Gasteiger partial charge < -0.3 is 9.42 Å². The molecular weight excluding hydrogens is 388 g/mol. The van der Waals surface area contributed by atoms with E-state index in [9.17, 15) is 4.79 Å². The first kappa shape index (κ1) is 21.2. The molecule has 1 aromatic carbocycles. The van der Waals surface area contributed by atoms with Crippen molar-refractivity contribution in [1.29, 1.82) is 0 Å². The molecule has 0 saturated carbocycles. The summed E-state index contributed by atoms with van der Waals surface area (Å²) < 4.78 is 5.55. The van der Waals surface area contributed by atoms with Gasteiger partial charge in [-0.3, -0.25) is 4.79 Å². The van der Waals surface area contributed by atoms with Gasteiger partial charge in [-0.2, -0.15) is 0 Å². The molecule has 1 aliphatic heterocycles. The Bertz CT molecular complexity index is 1060. The molecule has 1 saturated heterocycles. The molecule has 1 unspecified atom stereocenters. The summed E-state index contributed by atoms with van der Waals surface area (Å²) in [7, 11) is 0. The van der Waals surface area contributed by atoms with E-state index >= 15 is 0 Å². The fourth-order valence-corrected chi connectivity index (χ4v) is 4.32. The van der Waals surface area contributed by atoms with Crippen molar-refractivity contribution in [2.45, 2.75) is 65.3 Å². The summed E-state index contributed by atoms with van der Waals surface area (Å²) >= 11 is 0. The molecule has 1 aliphatic rings. The quantitative estimate of drug-likeness (QED) is 0.563. The van der Waals surface area contributed by atoms with Crippen molar-refractivity contribution < 1.29 is 9.32 Å². The number of benzene rings is 1. The normalized spacial score (nSPS) is 16.5. The summed E-state index contributed by atoms with van der Waals surface area (Å²) in [6.07, 6.45) is 7.00. The third kappa shape index (κ3) is 4.84. The fraction of sp³-hybridized carbons (Fsp3) is 0.440. The minimum Gasteiger partial charge on any atom is -0.356 e. The molecule has 0 radical (unpaired) electrons. The Morgan fingerprint density at radius 2 is 2.10 bits per heavy atom. The molecule has 6 nitrogen and oxygen atoms in total. The van der Waals surface area contributed by atoms with Crippen molar-refractivity contribution in [3.05, 3.63) is 64.9 Å². The van der Waals surface area contributed by atoms with Crippen LogP contribution in [-0.4, -0.2) is 32.5 Å². The van der Waals surface area contributed by atoms with Crippen LogP contribution in [0.2, 0.25) is 0 Å². The zero-order valence-electron chi connectivity index (χ0n) is 18.6. The molecule has 3 heterocycles. The number of aryl methyl sites for hydroxylation is 3. The van der Waals surface area contributed by atoms with E-state index in [-0.39, 0.29) is 11.9 Å². The van der Waals surface area contributed by atoms with Gasteiger partial charge in [-0.25, -0.2) is 9.97 Å². The molecule has 162 valence electrons. The molecule has 3 aromatic rings. The number of carbonyl (C=O) groups excluding carboxylic acids is 1. The van der Waals surface area contributed by atoms with E-state index in [1.807, 2.05) is 36.2 Å². The van der Waals surface area contributed by atoms with E-state index in [4.69, 9.17) is 9.51 Å². The smallest absolute Gasteiger partial charge is 0.227 e. The van der Waals surface area contributed by atoms with E-state index in [2.05, 4.69) is 36.1 Å². The Balaban J connectivity index is 1.69. The maximum Gasteiger partial charge on any atom is 0.227 e. The second kappa shape index (κ2) is 9.41. The number of likely N-dealkylation sites (tertiary alicyclic amines) is 1. The van der Waals surface area contributed by atoms with Crippen molar-refractivity contribution >= 4 is 5.91 Å². The highest BCUT2D eigenvalue weighted by molar-refractivity contribution is 5.79. The average molecular weight is 419 g/mol. The van der Waals surface area contributed by atoms with Crippen LogP contribution in [-0.2, 0) is 17.6 Å². The van der Waals surface area contributed by atoms with E-state index in [0.717, 1.165) is 67.0 Å². The molecule has 2 aromatic heterocycles. The molecule has 1 fully saturated rings. The summed E-state index contributed by atoms with van der Waals surface area (Å²) in [5.74, 6) is 1.62. The van der Waals surface area contributed by atoms with Crippen LogP contribution in [0.4, 0.5) is 0 Å². The lowest BCUT2D eigenvalue weighted by atomic mass is 9.94. The third-order valence-corrected chi connectivity index (χ3v) is 5.81. The van der Waals surface area contributed by atoms with Gasteiger partial charge in [0, 0.05) is 25.2 Å². The number of hydrogen-bond acceptors (Lipinski definition) is 5. The van der Waals surface area contributed by atoms with Gasteiger partial charge in [-0.15, -0.1) is 0 Å². The summed E-state index contributed by atoms with van der Waals surface area (Å²) in [6, 6.07) is 10.0. The summed E-state index contributed by atoms with van der Waals surface area (Å²) in [5.41, 5.74) is 4.75. The predicted octanol–water partition coefficient (Wildman–Crippen LogP) is 5.00. The molecule has 0 spiro atoms. The van der Waals surface area contributed by atoms with Crippen LogP contribution in [0.1, 0.15) is 67.0 Å². The van der Waals surface area contributed by atoms with Gasteiger partial charge >= 0.3 is 0 Å². The summed E-state index contributed by atoms with van der Waals surface area (Å²) in [6.45, 7) is 6.82. The van der Waals surface area contributed by atoms with Crippen LogP contribution < -0.4 is 0 Å². The lowest BCUT2D eigenvalue weighted by Crippen LogP contribution is -2.40. The fourth-order valence-electron chi connectivity index (χ4n) is 4.32. The third-order valence-electron chi connectivity index (χ3n) is 5.81. The van der Waals surface area contributed by atoms with Crippen molar-refractivity contribution in [2.75, 3.05) is 6.54 Å². The van der Waals surface area contributed by atoms with Crippen LogP contribution in [0.15, 0.2) is 41.1 Å². The molecule has 6 heteroatoms. The minimum absolute atomic E-state index is 0.0786. The Morgan fingerprint density at radius 3 is 2.84 bits per heavy atom. The predicted molar refractivity (Wildman–Crippen MR) is 119 cm³/mol. The lowest BCUT2D eigenvalue weighted by molar-refractivity contribution is -0.134. The highest BCUT2D eigenvalue weighted by Gasteiger charge is 2.32. The summed E-state index contributed by atoms with van der Waals surface area (Å²) in [4.78, 5) is 24.9. The van der Waals surface area contributed by atoms with Crippen molar-refractivity contribution in [1.82, 2.24) is 20.0 Å². The standard InChI is InChI=1S/C25H30N4O2/c1-4-8-23-26-16-20(22-14-18(3)28-31-22)25(27-23)21-11-5-6-12-29(21)24(30)15-19-10-7-9-17(2)13-19/h7,9-10,13-14,16,21H,4-6,8,11-12,15H2,1-3H3. The Labute approximate surface area is 183 Å². The maximum atomic E-state index is 13.4.